The molecule has 1 unspecified atom stereocenters. The maximum Gasteiger partial charge on any atom is 0.244 e. The molecule has 0 spiro atoms. The van der Waals surface area contributed by atoms with Gasteiger partial charge in [0.25, 0.3) is 0 Å². The van der Waals surface area contributed by atoms with Crippen molar-refractivity contribution in [3.8, 4) is 5.75 Å². The van der Waals surface area contributed by atoms with Crippen molar-refractivity contribution in [2.45, 2.75) is 38.1 Å². The molecule has 108 valence electrons. The summed E-state index contributed by atoms with van der Waals surface area (Å²) in [4.78, 5) is 0.153. The number of hydrogen-bond donors (Lipinski definition) is 1. The van der Waals surface area contributed by atoms with E-state index in [1.54, 1.807) is 18.2 Å². The van der Waals surface area contributed by atoms with Gasteiger partial charge >= 0.3 is 0 Å². The van der Waals surface area contributed by atoms with E-state index in [0.717, 1.165) is 6.42 Å². The van der Waals surface area contributed by atoms with Crippen LogP contribution >= 0.6 is 15.9 Å². The van der Waals surface area contributed by atoms with Gasteiger partial charge in [-0.15, -0.1) is 0 Å². The zero-order valence-electron chi connectivity index (χ0n) is 11.6. The molecule has 0 aliphatic carbocycles. The highest BCUT2D eigenvalue weighted by molar-refractivity contribution is 9.10. The molecule has 0 fully saturated rings. The minimum Gasteiger partial charge on any atom is -0.495 e. The van der Waals surface area contributed by atoms with Crippen LogP contribution < -0.4 is 9.46 Å². The average molecular weight is 350 g/mol. The van der Waals surface area contributed by atoms with Crippen LogP contribution in [-0.4, -0.2) is 21.6 Å². The number of halogens is 1. The maximum absolute atomic E-state index is 12.3. The minimum absolute atomic E-state index is 0.117. The van der Waals surface area contributed by atoms with Gasteiger partial charge in [0, 0.05) is 10.5 Å². The highest BCUT2D eigenvalue weighted by Crippen LogP contribution is 2.27. The van der Waals surface area contributed by atoms with Gasteiger partial charge in [0.2, 0.25) is 10.0 Å². The van der Waals surface area contributed by atoms with E-state index in [1.807, 2.05) is 6.92 Å². The molecule has 0 saturated heterocycles. The fourth-order valence-electron chi connectivity index (χ4n) is 1.94. The van der Waals surface area contributed by atoms with Crippen molar-refractivity contribution >= 4 is 26.0 Å². The minimum atomic E-state index is -3.58. The lowest BCUT2D eigenvalue weighted by Crippen LogP contribution is -2.33. The summed E-state index contributed by atoms with van der Waals surface area (Å²) in [5, 5.41) is 0. The zero-order valence-corrected chi connectivity index (χ0v) is 14.0. The maximum atomic E-state index is 12.3. The Morgan fingerprint density at radius 1 is 1.32 bits per heavy atom. The third kappa shape index (κ3) is 4.78. The number of nitrogens with one attached hydrogen (secondary N) is 1. The Morgan fingerprint density at radius 2 is 1.95 bits per heavy atom. The lowest BCUT2D eigenvalue weighted by molar-refractivity contribution is 0.401. The summed E-state index contributed by atoms with van der Waals surface area (Å²) >= 11 is 3.28. The van der Waals surface area contributed by atoms with Crippen LogP contribution in [0.15, 0.2) is 27.6 Å². The quantitative estimate of drug-likeness (QED) is 0.857. The first-order valence-corrected chi connectivity index (χ1v) is 8.39. The highest BCUT2D eigenvalue weighted by atomic mass is 79.9. The lowest BCUT2D eigenvalue weighted by atomic mass is 10.1. The second-order valence-corrected chi connectivity index (χ2v) is 7.55. The van der Waals surface area contributed by atoms with Crippen LogP contribution in [-0.2, 0) is 10.0 Å². The molecule has 0 saturated carbocycles. The van der Waals surface area contributed by atoms with E-state index in [2.05, 4.69) is 34.5 Å². The van der Waals surface area contributed by atoms with Crippen molar-refractivity contribution in [2.24, 2.45) is 5.92 Å². The molecule has 0 bridgehead atoms. The van der Waals surface area contributed by atoms with Crippen LogP contribution in [0.3, 0.4) is 0 Å². The van der Waals surface area contributed by atoms with E-state index in [9.17, 15) is 8.42 Å². The van der Waals surface area contributed by atoms with Crippen molar-refractivity contribution in [2.75, 3.05) is 7.11 Å². The smallest absolute Gasteiger partial charge is 0.244 e. The lowest BCUT2D eigenvalue weighted by Gasteiger charge is -2.17. The molecule has 1 N–H and O–H groups in total. The van der Waals surface area contributed by atoms with Crippen LogP contribution in [0.2, 0.25) is 0 Å². The van der Waals surface area contributed by atoms with Crippen molar-refractivity contribution in [3.05, 3.63) is 22.7 Å². The van der Waals surface area contributed by atoms with Crippen LogP contribution in [0.25, 0.3) is 0 Å². The molecule has 0 heterocycles. The van der Waals surface area contributed by atoms with E-state index in [1.165, 1.54) is 7.11 Å². The molecule has 1 rings (SSSR count). The predicted molar refractivity (Wildman–Crippen MR) is 79.9 cm³/mol. The molecule has 1 aromatic carbocycles. The standard InChI is InChI=1S/C13H20BrNO3S/c1-9(2)7-10(3)15-19(16,17)13-8-11(14)5-6-12(13)18-4/h5-6,8-10,15H,7H2,1-4H3. The average Bonchev–Trinajstić information content (AvgIpc) is 2.26. The molecule has 0 aromatic heterocycles. The van der Waals surface area contributed by atoms with Crippen molar-refractivity contribution in [1.82, 2.24) is 4.72 Å². The SMILES string of the molecule is COc1ccc(Br)cc1S(=O)(=O)NC(C)CC(C)C. The molecular weight excluding hydrogens is 330 g/mol. The first-order chi connectivity index (χ1) is 8.76. The first-order valence-electron chi connectivity index (χ1n) is 6.12. The van der Waals surface area contributed by atoms with Crippen molar-refractivity contribution < 1.29 is 13.2 Å². The predicted octanol–water partition coefficient (Wildman–Crippen LogP) is 3.17. The third-order valence-corrected chi connectivity index (χ3v) is 4.70. The Hall–Kier alpha value is -0.590. The molecular formula is C13H20BrNO3S. The van der Waals surface area contributed by atoms with Crippen LogP contribution in [0.1, 0.15) is 27.2 Å². The summed E-state index contributed by atoms with van der Waals surface area (Å²) < 4.78 is 33.2. The normalized spacial score (nSPS) is 13.6. The summed E-state index contributed by atoms with van der Waals surface area (Å²) in [6.07, 6.45) is 0.787. The van der Waals surface area contributed by atoms with Crippen LogP contribution in [0.4, 0.5) is 0 Å². The summed E-state index contributed by atoms with van der Waals surface area (Å²) in [5.74, 6) is 0.773. The Kier molecular flexibility index (Phi) is 5.82. The van der Waals surface area contributed by atoms with Gasteiger partial charge in [0.15, 0.2) is 0 Å². The highest BCUT2D eigenvalue weighted by Gasteiger charge is 2.22. The second kappa shape index (κ2) is 6.72. The monoisotopic (exact) mass is 349 g/mol. The Labute approximate surface area is 123 Å². The van der Waals surface area contributed by atoms with Crippen molar-refractivity contribution in [3.63, 3.8) is 0 Å². The summed E-state index contributed by atoms with van der Waals surface area (Å²) in [7, 11) is -2.12. The van der Waals surface area contributed by atoms with E-state index in [4.69, 9.17) is 4.74 Å². The molecule has 6 heteroatoms. The Morgan fingerprint density at radius 3 is 2.47 bits per heavy atom. The van der Waals surface area contributed by atoms with Crippen molar-refractivity contribution in [1.29, 1.82) is 0 Å². The molecule has 0 aliphatic heterocycles. The van der Waals surface area contributed by atoms with Gasteiger partial charge < -0.3 is 4.74 Å². The summed E-state index contributed by atoms with van der Waals surface area (Å²) in [6.45, 7) is 5.98. The largest absolute Gasteiger partial charge is 0.495 e. The van der Waals surface area contributed by atoms with Gasteiger partial charge in [-0.25, -0.2) is 13.1 Å². The molecule has 1 aromatic rings. The Bertz CT molecular complexity index is 529. The topological polar surface area (TPSA) is 55.4 Å². The van der Waals surface area contributed by atoms with Gasteiger partial charge in [0.05, 0.1) is 7.11 Å². The molecule has 0 amide bonds. The number of sulfonamides is 1. The van der Waals surface area contributed by atoms with Crippen LogP contribution in [0.5, 0.6) is 5.75 Å². The third-order valence-electron chi connectivity index (χ3n) is 2.60. The molecule has 1 atom stereocenters. The number of ether oxygens (including phenoxy) is 1. The van der Waals surface area contributed by atoms with E-state index >= 15 is 0 Å². The first kappa shape index (κ1) is 16.5. The molecule has 0 radical (unpaired) electrons. The number of benzene rings is 1. The fraction of sp³-hybridized carbons (Fsp3) is 0.538. The summed E-state index contributed by atoms with van der Waals surface area (Å²) in [6, 6.07) is 4.80. The Balaban J connectivity index is 3.03. The van der Waals surface area contributed by atoms with Gasteiger partial charge in [-0.3, -0.25) is 0 Å². The molecule has 19 heavy (non-hydrogen) atoms. The van der Waals surface area contributed by atoms with Gasteiger partial charge in [-0.1, -0.05) is 29.8 Å². The van der Waals surface area contributed by atoms with Gasteiger partial charge in [0.1, 0.15) is 10.6 Å². The van der Waals surface area contributed by atoms with Gasteiger partial charge in [-0.05, 0) is 37.5 Å². The molecule has 0 aliphatic rings. The number of methoxy groups -OCH3 is 1. The zero-order chi connectivity index (χ0) is 14.6. The molecule has 4 nitrogen and oxygen atoms in total. The fourth-order valence-corrected chi connectivity index (χ4v) is 3.91. The van der Waals surface area contributed by atoms with Crippen LogP contribution in [0, 0.1) is 5.92 Å². The summed E-state index contributed by atoms with van der Waals surface area (Å²) in [5.41, 5.74) is 0. The number of rotatable bonds is 6. The van der Waals surface area contributed by atoms with Gasteiger partial charge in [-0.2, -0.15) is 0 Å². The van der Waals surface area contributed by atoms with E-state index in [0.29, 0.717) is 16.1 Å². The van der Waals surface area contributed by atoms with E-state index < -0.39 is 10.0 Å². The second-order valence-electron chi connectivity index (χ2n) is 4.95. The number of hydrogen-bond acceptors (Lipinski definition) is 3. The van der Waals surface area contributed by atoms with E-state index in [-0.39, 0.29) is 10.9 Å².